The van der Waals surface area contributed by atoms with E-state index in [4.69, 9.17) is 16.7 Å². The first kappa shape index (κ1) is 11.0. The van der Waals surface area contributed by atoms with Crippen LogP contribution in [0.25, 0.3) is 5.52 Å². The lowest BCUT2D eigenvalue weighted by Crippen LogP contribution is -2.13. The summed E-state index contributed by atoms with van der Waals surface area (Å²) in [7, 11) is 0. The molecular weight excluding hydrogens is 228 g/mol. The smallest absolute Gasteiger partial charge is 0.306 e. The van der Waals surface area contributed by atoms with Crippen molar-refractivity contribution in [3.8, 4) is 0 Å². The predicted molar refractivity (Wildman–Crippen MR) is 60.7 cm³/mol. The minimum absolute atomic E-state index is 0.424. The number of halogens is 1. The molecule has 0 bridgehead atoms. The van der Waals surface area contributed by atoms with Crippen molar-refractivity contribution in [2.45, 2.75) is 13.3 Å². The van der Waals surface area contributed by atoms with Crippen molar-refractivity contribution in [3.63, 3.8) is 0 Å². The first-order valence-corrected chi connectivity index (χ1v) is 5.30. The number of pyridine rings is 1. The quantitative estimate of drug-likeness (QED) is 0.892. The summed E-state index contributed by atoms with van der Waals surface area (Å²) in [4.78, 5) is 14.8. The molecule has 84 valence electrons. The van der Waals surface area contributed by atoms with Crippen LogP contribution in [0.15, 0.2) is 24.5 Å². The molecule has 2 aromatic heterocycles. The average molecular weight is 239 g/mol. The van der Waals surface area contributed by atoms with E-state index in [1.165, 1.54) is 0 Å². The Labute approximate surface area is 97.5 Å². The predicted octanol–water partition coefficient (Wildman–Crippen LogP) is 2.25. The Hall–Kier alpha value is -1.55. The van der Waals surface area contributed by atoms with E-state index in [1.807, 2.05) is 22.6 Å². The molecule has 0 radical (unpaired) electrons. The molecule has 0 aliphatic carbocycles. The molecule has 0 amide bonds. The molecule has 1 unspecified atom stereocenters. The maximum atomic E-state index is 10.8. The fraction of sp³-hybridized carbons (Fsp3) is 0.273. The summed E-state index contributed by atoms with van der Waals surface area (Å²) in [6, 6.07) is 5.58. The number of hydrogen-bond donors (Lipinski definition) is 1. The van der Waals surface area contributed by atoms with E-state index in [2.05, 4.69) is 4.98 Å². The van der Waals surface area contributed by atoms with Crippen LogP contribution in [0.2, 0.25) is 5.15 Å². The van der Waals surface area contributed by atoms with Gasteiger partial charge in [0.05, 0.1) is 11.4 Å². The third-order valence-electron chi connectivity index (χ3n) is 2.55. The van der Waals surface area contributed by atoms with E-state index in [0.29, 0.717) is 11.6 Å². The van der Waals surface area contributed by atoms with Gasteiger partial charge in [0.25, 0.3) is 0 Å². The standard InChI is InChI=1S/C11H11ClN2O2/c1-7(11(15)16)5-8-3-2-4-9-10(12)13-6-14(8)9/h2-4,6-7H,5H2,1H3,(H,15,16). The van der Waals surface area contributed by atoms with Crippen molar-refractivity contribution in [2.24, 2.45) is 5.92 Å². The summed E-state index contributed by atoms with van der Waals surface area (Å²) in [5, 5.41) is 9.30. The fourth-order valence-electron chi connectivity index (χ4n) is 1.61. The van der Waals surface area contributed by atoms with Gasteiger partial charge in [-0.1, -0.05) is 24.6 Å². The molecule has 0 saturated carbocycles. The highest BCUT2D eigenvalue weighted by Gasteiger charge is 2.14. The van der Waals surface area contributed by atoms with Gasteiger partial charge in [0.15, 0.2) is 5.15 Å². The highest BCUT2D eigenvalue weighted by molar-refractivity contribution is 6.32. The van der Waals surface area contributed by atoms with Crippen molar-refractivity contribution >= 4 is 23.1 Å². The number of carboxylic acids is 1. The minimum Gasteiger partial charge on any atom is -0.481 e. The first-order chi connectivity index (χ1) is 7.59. The van der Waals surface area contributed by atoms with Gasteiger partial charge in [0.1, 0.15) is 6.33 Å². The van der Waals surface area contributed by atoms with Crippen molar-refractivity contribution in [1.82, 2.24) is 9.38 Å². The topological polar surface area (TPSA) is 54.6 Å². The van der Waals surface area contributed by atoms with Crippen molar-refractivity contribution in [1.29, 1.82) is 0 Å². The van der Waals surface area contributed by atoms with Gasteiger partial charge >= 0.3 is 5.97 Å². The van der Waals surface area contributed by atoms with Gasteiger partial charge in [0.2, 0.25) is 0 Å². The van der Waals surface area contributed by atoms with Crippen molar-refractivity contribution in [2.75, 3.05) is 0 Å². The molecule has 1 N–H and O–H groups in total. The Morgan fingerprint density at radius 1 is 1.62 bits per heavy atom. The molecule has 0 aromatic carbocycles. The Morgan fingerprint density at radius 2 is 2.38 bits per heavy atom. The number of imidazole rings is 1. The second-order valence-corrected chi connectivity index (χ2v) is 4.11. The van der Waals surface area contributed by atoms with Crippen LogP contribution in [0.5, 0.6) is 0 Å². The van der Waals surface area contributed by atoms with Crippen LogP contribution in [0.3, 0.4) is 0 Å². The van der Waals surface area contributed by atoms with Gasteiger partial charge in [-0.2, -0.15) is 0 Å². The Kier molecular flexibility index (Phi) is 2.83. The van der Waals surface area contributed by atoms with Gasteiger partial charge < -0.3 is 9.51 Å². The van der Waals surface area contributed by atoms with Gasteiger partial charge in [-0.05, 0) is 12.1 Å². The van der Waals surface area contributed by atoms with Gasteiger partial charge in [-0.3, -0.25) is 4.79 Å². The van der Waals surface area contributed by atoms with Gasteiger partial charge in [-0.25, -0.2) is 4.98 Å². The van der Waals surface area contributed by atoms with Crippen LogP contribution in [0.4, 0.5) is 0 Å². The maximum Gasteiger partial charge on any atom is 0.306 e. The van der Waals surface area contributed by atoms with Crippen LogP contribution in [0, 0.1) is 5.92 Å². The van der Waals surface area contributed by atoms with Crippen LogP contribution < -0.4 is 0 Å². The highest BCUT2D eigenvalue weighted by Crippen LogP contribution is 2.18. The lowest BCUT2D eigenvalue weighted by molar-refractivity contribution is -0.141. The van der Waals surface area contributed by atoms with E-state index in [9.17, 15) is 4.79 Å². The molecule has 0 aliphatic rings. The first-order valence-electron chi connectivity index (χ1n) is 4.93. The van der Waals surface area contributed by atoms with Gasteiger partial charge in [-0.15, -0.1) is 0 Å². The number of aliphatic carboxylic acids is 1. The summed E-state index contributed by atoms with van der Waals surface area (Å²) >= 11 is 5.90. The Balaban J connectivity index is 2.41. The molecule has 2 aromatic rings. The van der Waals surface area contributed by atoms with Crippen LogP contribution in [0.1, 0.15) is 12.6 Å². The Morgan fingerprint density at radius 3 is 3.06 bits per heavy atom. The third kappa shape index (κ3) is 1.88. The zero-order chi connectivity index (χ0) is 11.7. The number of hydrogen-bond acceptors (Lipinski definition) is 2. The minimum atomic E-state index is -0.803. The molecule has 0 spiro atoms. The zero-order valence-corrected chi connectivity index (χ0v) is 9.48. The number of fused-ring (bicyclic) bond motifs is 1. The summed E-state index contributed by atoms with van der Waals surface area (Å²) in [5.41, 5.74) is 1.70. The average Bonchev–Trinajstić information content (AvgIpc) is 2.62. The largest absolute Gasteiger partial charge is 0.481 e. The fourth-order valence-corrected chi connectivity index (χ4v) is 1.81. The second-order valence-electron chi connectivity index (χ2n) is 3.75. The number of nitrogens with zero attached hydrogens (tertiary/aromatic N) is 2. The van der Waals surface area contributed by atoms with E-state index in [0.717, 1.165) is 11.2 Å². The normalized spacial score (nSPS) is 12.9. The van der Waals surface area contributed by atoms with E-state index in [-0.39, 0.29) is 0 Å². The van der Waals surface area contributed by atoms with E-state index >= 15 is 0 Å². The molecule has 2 rings (SSSR count). The molecular formula is C11H11ClN2O2. The monoisotopic (exact) mass is 238 g/mol. The van der Waals surface area contributed by atoms with Crippen LogP contribution in [-0.4, -0.2) is 20.5 Å². The number of carbonyl (C=O) groups is 1. The Bertz CT molecular complexity index is 536. The van der Waals surface area contributed by atoms with Crippen LogP contribution >= 0.6 is 11.6 Å². The molecule has 5 heteroatoms. The maximum absolute atomic E-state index is 10.8. The van der Waals surface area contributed by atoms with Crippen molar-refractivity contribution < 1.29 is 9.90 Å². The number of carboxylic acid groups (broad SMARTS) is 1. The summed E-state index contributed by atoms with van der Waals surface area (Å²) < 4.78 is 1.82. The molecule has 1 atom stereocenters. The summed E-state index contributed by atoms with van der Waals surface area (Å²) in [6.45, 7) is 1.68. The molecule has 16 heavy (non-hydrogen) atoms. The third-order valence-corrected chi connectivity index (χ3v) is 2.84. The number of aromatic nitrogens is 2. The SMILES string of the molecule is CC(Cc1cccc2c(Cl)ncn12)C(=O)O. The van der Waals surface area contributed by atoms with E-state index in [1.54, 1.807) is 13.3 Å². The molecule has 0 fully saturated rings. The van der Waals surface area contributed by atoms with E-state index < -0.39 is 11.9 Å². The second kappa shape index (κ2) is 4.14. The van der Waals surface area contributed by atoms with Crippen molar-refractivity contribution in [3.05, 3.63) is 35.4 Å². The molecule has 0 aliphatic heterocycles. The molecule has 4 nitrogen and oxygen atoms in total. The van der Waals surface area contributed by atoms with Gasteiger partial charge in [0, 0.05) is 12.1 Å². The highest BCUT2D eigenvalue weighted by atomic mass is 35.5. The summed E-state index contributed by atoms with van der Waals surface area (Å²) in [5.74, 6) is -1.23. The number of rotatable bonds is 3. The molecule has 2 heterocycles. The molecule has 0 saturated heterocycles. The zero-order valence-electron chi connectivity index (χ0n) is 8.72. The lowest BCUT2D eigenvalue weighted by Gasteiger charge is -2.08. The van der Waals surface area contributed by atoms with Crippen LogP contribution in [-0.2, 0) is 11.2 Å². The lowest BCUT2D eigenvalue weighted by atomic mass is 10.1. The summed E-state index contributed by atoms with van der Waals surface area (Å²) in [6.07, 6.45) is 2.07.